The lowest BCUT2D eigenvalue weighted by Crippen LogP contribution is -2.46. The third kappa shape index (κ3) is 3.17. The second-order valence-electron chi connectivity index (χ2n) is 7.17. The molecule has 2 aliphatic heterocycles. The molecule has 2 atom stereocenters. The van der Waals surface area contributed by atoms with Crippen LogP contribution in [0, 0.1) is 12.8 Å². The van der Waals surface area contributed by atoms with E-state index in [9.17, 15) is 4.79 Å². The largest absolute Gasteiger partial charge is 0.493 e. The number of benzene rings is 1. The fraction of sp³-hybridized carbons (Fsp3) is 0.632. The average Bonchev–Trinajstić information content (AvgIpc) is 3.04. The normalized spacial score (nSPS) is 23.0. The summed E-state index contributed by atoms with van der Waals surface area (Å²) in [7, 11) is 1.65. The van der Waals surface area contributed by atoms with Crippen molar-refractivity contribution in [3.8, 4) is 11.5 Å². The highest BCUT2D eigenvalue weighted by Gasteiger charge is 2.33. The van der Waals surface area contributed by atoms with Gasteiger partial charge in [0.2, 0.25) is 0 Å². The van der Waals surface area contributed by atoms with E-state index < -0.39 is 0 Å². The van der Waals surface area contributed by atoms with Gasteiger partial charge in [-0.05, 0) is 37.3 Å². The Kier molecular flexibility index (Phi) is 4.88. The molecule has 0 saturated carbocycles. The molecule has 1 saturated heterocycles. The van der Waals surface area contributed by atoms with Crippen LogP contribution in [0.25, 0.3) is 0 Å². The lowest BCUT2D eigenvalue weighted by atomic mass is 9.98. The van der Waals surface area contributed by atoms with Crippen LogP contribution in [-0.4, -0.2) is 37.2 Å². The molecule has 1 aromatic carbocycles. The van der Waals surface area contributed by atoms with Crippen molar-refractivity contribution in [3.05, 3.63) is 23.3 Å². The van der Waals surface area contributed by atoms with Crippen LogP contribution in [0.3, 0.4) is 0 Å². The fourth-order valence-electron chi connectivity index (χ4n) is 3.89. The Balaban J connectivity index is 1.80. The number of amides is 2. The van der Waals surface area contributed by atoms with Gasteiger partial charge in [0.1, 0.15) is 0 Å². The Morgan fingerprint density at radius 1 is 1.38 bits per heavy atom. The lowest BCUT2D eigenvalue weighted by Gasteiger charge is -2.32. The zero-order chi connectivity index (χ0) is 17.3. The highest BCUT2D eigenvalue weighted by Crippen LogP contribution is 2.40. The molecule has 2 heterocycles. The van der Waals surface area contributed by atoms with Crippen LogP contribution < -0.4 is 14.8 Å². The maximum atomic E-state index is 12.8. The molecule has 0 spiro atoms. The van der Waals surface area contributed by atoms with Crippen LogP contribution in [-0.2, 0) is 0 Å². The Labute approximate surface area is 144 Å². The van der Waals surface area contributed by atoms with Crippen molar-refractivity contribution in [3.63, 3.8) is 0 Å². The van der Waals surface area contributed by atoms with E-state index in [-0.39, 0.29) is 12.1 Å². The molecule has 5 heteroatoms. The fourth-order valence-corrected chi connectivity index (χ4v) is 3.89. The zero-order valence-electron chi connectivity index (χ0n) is 15.1. The summed E-state index contributed by atoms with van der Waals surface area (Å²) in [6.07, 6.45) is 2.97. The molecule has 24 heavy (non-hydrogen) atoms. The van der Waals surface area contributed by atoms with Crippen molar-refractivity contribution in [1.82, 2.24) is 10.2 Å². The first kappa shape index (κ1) is 16.9. The number of fused-ring (bicyclic) bond motifs is 1. The SMILES string of the molecule is COc1cc(C)cc2c1OCC[C@H]2NC(=O)N1CCC[C@@H]1C(C)C. The van der Waals surface area contributed by atoms with Crippen molar-refractivity contribution in [2.24, 2.45) is 5.92 Å². The standard InChI is InChI=1S/C19H28N2O3/c1-12(2)16-6-5-8-21(16)19(22)20-15-7-9-24-18-14(15)10-13(3)11-17(18)23-4/h10-12,15-16H,5-9H2,1-4H3,(H,20,22)/t15-,16-/m1/s1. The maximum Gasteiger partial charge on any atom is 0.318 e. The molecule has 0 unspecified atom stereocenters. The van der Waals surface area contributed by atoms with Crippen LogP contribution in [0.5, 0.6) is 11.5 Å². The van der Waals surface area contributed by atoms with Gasteiger partial charge in [-0.15, -0.1) is 0 Å². The zero-order valence-corrected chi connectivity index (χ0v) is 15.1. The number of nitrogens with zero attached hydrogens (tertiary/aromatic N) is 1. The molecule has 5 nitrogen and oxygen atoms in total. The first-order valence-electron chi connectivity index (χ1n) is 8.89. The molecule has 1 N–H and O–H groups in total. The molecule has 0 bridgehead atoms. The molecule has 3 rings (SSSR count). The van der Waals surface area contributed by atoms with E-state index in [4.69, 9.17) is 9.47 Å². The molecule has 1 aromatic rings. The molecular formula is C19H28N2O3. The number of carbonyl (C=O) groups excluding carboxylic acids is 1. The van der Waals surface area contributed by atoms with Crippen LogP contribution in [0.4, 0.5) is 4.79 Å². The molecule has 2 aliphatic rings. The Bertz CT molecular complexity index is 615. The minimum absolute atomic E-state index is 0.0246. The van der Waals surface area contributed by atoms with E-state index in [1.165, 1.54) is 0 Å². The minimum atomic E-state index is -0.0246. The Hall–Kier alpha value is -1.91. The van der Waals surface area contributed by atoms with Crippen molar-refractivity contribution in [2.45, 2.75) is 52.1 Å². The maximum absolute atomic E-state index is 12.8. The molecule has 0 radical (unpaired) electrons. The van der Waals surface area contributed by atoms with Gasteiger partial charge in [0.25, 0.3) is 0 Å². The number of urea groups is 1. The van der Waals surface area contributed by atoms with Crippen molar-refractivity contribution >= 4 is 6.03 Å². The Morgan fingerprint density at radius 3 is 2.88 bits per heavy atom. The summed E-state index contributed by atoms with van der Waals surface area (Å²) in [6, 6.07) is 4.42. The summed E-state index contributed by atoms with van der Waals surface area (Å²) in [5.74, 6) is 1.99. The van der Waals surface area contributed by atoms with E-state index in [2.05, 4.69) is 25.2 Å². The highest BCUT2D eigenvalue weighted by atomic mass is 16.5. The number of carbonyl (C=O) groups is 1. The van der Waals surface area contributed by atoms with Gasteiger partial charge >= 0.3 is 6.03 Å². The number of likely N-dealkylation sites (tertiary alicyclic amines) is 1. The quantitative estimate of drug-likeness (QED) is 0.919. The molecule has 2 amide bonds. The molecule has 132 valence electrons. The van der Waals surface area contributed by atoms with E-state index in [0.717, 1.165) is 48.4 Å². The van der Waals surface area contributed by atoms with Gasteiger partial charge in [0.15, 0.2) is 11.5 Å². The van der Waals surface area contributed by atoms with Gasteiger partial charge in [0.05, 0.1) is 19.8 Å². The topological polar surface area (TPSA) is 50.8 Å². The van der Waals surface area contributed by atoms with Crippen molar-refractivity contribution in [2.75, 3.05) is 20.3 Å². The summed E-state index contributed by atoms with van der Waals surface area (Å²) in [5, 5.41) is 3.23. The van der Waals surface area contributed by atoms with Gasteiger partial charge in [0, 0.05) is 24.6 Å². The molecule has 0 aromatic heterocycles. The number of ether oxygens (including phenoxy) is 2. The van der Waals surface area contributed by atoms with E-state index in [0.29, 0.717) is 18.6 Å². The predicted molar refractivity (Wildman–Crippen MR) is 93.7 cm³/mol. The highest BCUT2D eigenvalue weighted by molar-refractivity contribution is 5.76. The Morgan fingerprint density at radius 2 is 2.17 bits per heavy atom. The third-order valence-electron chi connectivity index (χ3n) is 5.10. The first-order chi connectivity index (χ1) is 11.5. The summed E-state index contributed by atoms with van der Waals surface area (Å²) >= 11 is 0. The monoisotopic (exact) mass is 332 g/mol. The number of methoxy groups -OCH3 is 1. The van der Waals surface area contributed by atoms with Gasteiger partial charge in [-0.25, -0.2) is 4.79 Å². The minimum Gasteiger partial charge on any atom is -0.493 e. The second-order valence-corrected chi connectivity index (χ2v) is 7.17. The lowest BCUT2D eigenvalue weighted by molar-refractivity contribution is 0.169. The molecule has 0 aliphatic carbocycles. The second kappa shape index (κ2) is 6.91. The summed E-state index contributed by atoms with van der Waals surface area (Å²) in [4.78, 5) is 14.8. The van der Waals surface area contributed by atoms with E-state index in [1.807, 2.05) is 17.9 Å². The van der Waals surface area contributed by atoms with Crippen LogP contribution in [0.15, 0.2) is 12.1 Å². The molecule has 1 fully saturated rings. The summed E-state index contributed by atoms with van der Waals surface area (Å²) < 4.78 is 11.3. The van der Waals surface area contributed by atoms with Crippen molar-refractivity contribution < 1.29 is 14.3 Å². The van der Waals surface area contributed by atoms with Gasteiger partial charge in [-0.3, -0.25) is 0 Å². The number of rotatable bonds is 3. The van der Waals surface area contributed by atoms with Gasteiger partial charge < -0.3 is 19.7 Å². The van der Waals surface area contributed by atoms with E-state index in [1.54, 1.807) is 7.11 Å². The average molecular weight is 332 g/mol. The van der Waals surface area contributed by atoms with E-state index >= 15 is 0 Å². The molecular weight excluding hydrogens is 304 g/mol. The summed E-state index contributed by atoms with van der Waals surface area (Å²) in [6.45, 7) is 7.85. The first-order valence-corrected chi connectivity index (χ1v) is 8.89. The van der Waals surface area contributed by atoms with Crippen LogP contribution in [0.1, 0.15) is 50.3 Å². The summed E-state index contributed by atoms with van der Waals surface area (Å²) in [5.41, 5.74) is 2.13. The smallest absolute Gasteiger partial charge is 0.318 e. The van der Waals surface area contributed by atoms with Crippen LogP contribution in [0.2, 0.25) is 0 Å². The van der Waals surface area contributed by atoms with Gasteiger partial charge in [-0.1, -0.05) is 19.9 Å². The number of hydrogen-bond donors (Lipinski definition) is 1. The van der Waals surface area contributed by atoms with Crippen LogP contribution >= 0.6 is 0 Å². The van der Waals surface area contributed by atoms with Crippen molar-refractivity contribution in [1.29, 1.82) is 0 Å². The third-order valence-corrected chi connectivity index (χ3v) is 5.10. The predicted octanol–water partition coefficient (Wildman–Crippen LogP) is 3.66. The van der Waals surface area contributed by atoms with Gasteiger partial charge in [-0.2, -0.15) is 0 Å². The number of hydrogen-bond acceptors (Lipinski definition) is 3. The number of aryl methyl sites for hydroxylation is 1. The number of nitrogens with one attached hydrogen (secondary N) is 1.